The van der Waals surface area contributed by atoms with Crippen LogP contribution in [-0.2, 0) is 16.0 Å². The second-order valence-electron chi connectivity index (χ2n) is 6.76. The van der Waals surface area contributed by atoms with Crippen molar-refractivity contribution in [3.05, 3.63) is 18.0 Å². The number of anilines is 1. The molecule has 2 aliphatic heterocycles. The van der Waals surface area contributed by atoms with E-state index in [0.717, 1.165) is 37.4 Å². The Morgan fingerprint density at radius 2 is 1.91 bits per heavy atom. The predicted octanol–water partition coefficient (Wildman–Crippen LogP) is 1.30. The minimum Gasteiger partial charge on any atom is -0.374 e. The van der Waals surface area contributed by atoms with E-state index in [1.807, 2.05) is 12.4 Å². The van der Waals surface area contributed by atoms with E-state index in [0.29, 0.717) is 18.7 Å². The van der Waals surface area contributed by atoms with E-state index < -0.39 is 0 Å². The van der Waals surface area contributed by atoms with Crippen LogP contribution in [0.15, 0.2) is 12.4 Å². The molecule has 23 heavy (non-hydrogen) atoms. The zero-order valence-corrected chi connectivity index (χ0v) is 14.1. The van der Waals surface area contributed by atoms with Crippen molar-refractivity contribution in [3.8, 4) is 0 Å². The number of carbonyl (C=O) groups excluding carboxylic acids is 1. The molecule has 2 aliphatic rings. The Morgan fingerprint density at radius 1 is 1.26 bits per heavy atom. The molecule has 6 nitrogen and oxygen atoms in total. The molecule has 3 heterocycles. The van der Waals surface area contributed by atoms with Crippen molar-refractivity contribution >= 4 is 11.7 Å². The summed E-state index contributed by atoms with van der Waals surface area (Å²) in [5.41, 5.74) is 1.13. The molecule has 0 spiro atoms. The molecule has 2 unspecified atom stereocenters. The number of Topliss-reactive ketones (excluding diaryl/α,β-unsaturated/α-hetero) is 1. The van der Waals surface area contributed by atoms with Gasteiger partial charge in [-0.2, -0.15) is 0 Å². The van der Waals surface area contributed by atoms with E-state index in [2.05, 4.69) is 26.8 Å². The molecule has 0 amide bonds. The molecule has 3 rings (SSSR count). The summed E-state index contributed by atoms with van der Waals surface area (Å²) in [6, 6.07) is 1.12. The number of ether oxygens (including phenoxy) is 1. The minimum absolute atomic E-state index is 0.0690. The highest BCUT2D eigenvalue weighted by Crippen LogP contribution is 2.32. The van der Waals surface area contributed by atoms with Gasteiger partial charge in [0.05, 0.1) is 0 Å². The van der Waals surface area contributed by atoms with E-state index in [-0.39, 0.29) is 12.4 Å². The Kier molecular flexibility index (Phi) is 5.23. The van der Waals surface area contributed by atoms with Crippen molar-refractivity contribution in [2.75, 3.05) is 38.3 Å². The van der Waals surface area contributed by atoms with Crippen LogP contribution in [0.1, 0.15) is 31.7 Å². The molecule has 0 radical (unpaired) electrons. The summed E-state index contributed by atoms with van der Waals surface area (Å²) in [5.74, 6) is 0.946. The van der Waals surface area contributed by atoms with Gasteiger partial charge in [0.15, 0.2) is 5.78 Å². The predicted molar refractivity (Wildman–Crippen MR) is 88.6 cm³/mol. The first-order valence-corrected chi connectivity index (χ1v) is 8.48. The molecule has 0 saturated carbocycles. The Bertz CT molecular complexity index is 520. The molecule has 0 aromatic carbocycles. The van der Waals surface area contributed by atoms with E-state index in [1.54, 1.807) is 0 Å². The maximum atomic E-state index is 10.8. The van der Waals surface area contributed by atoms with E-state index in [9.17, 15) is 4.79 Å². The van der Waals surface area contributed by atoms with E-state index in [4.69, 9.17) is 4.74 Å². The SMILES string of the molecule is CC(=O)COCCCc1cnc(N2C3CCC2CN(C)C3)nc1. The fourth-order valence-electron chi connectivity index (χ4n) is 3.64. The van der Waals surface area contributed by atoms with Crippen molar-refractivity contribution in [3.63, 3.8) is 0 Å². The number of piperazine rings is 1. The Labute approximate surface area is 137 Å². The van der Waals surface area contributed by atoms with Gasteiger partial charge in [-0.15, -0.1) is 0 Å². The number of aromatic nitrogens is 2. The molecular formula is C17H26N4O2. The summed E-state index contributed by atoms with van der Waals surface area (Å²) in [5, 5.41) is 0. The Hall–Kier alpha value is -1.53. The number of hydrogen-bond donors (Lipinski definition) is 0. The molecule has 2 atom stereocenters. The van der Waals surface area contributed by atoms with Gasteiger partial charge in [-0.25, -0.2) is 9.97 Å². The fraction of sp³-hybridized carbons (Fsp3) is 0.706. The largest absolute Gasteiger partial charge is 0.374 e. The van der Waals surface area contributed by atoms with Gasteiger partial charge in [0.1, 0.15) is 6.61 Å². The number of fused-ring (bicyclic) bond motifs is 2. The maximum Gasteiger partial charge on any atom is 0.225 e. The summed E-state index contributed by atoms with van der Waals surface area (Å²) >= 11 is 0. The monoisotopic (exact) mass is 318 g/mol. The van der Waals surface area contributed by atoms with Crippen LogP contribution in [0.2, 0.25) is 0 Å². The van der Waals surface area contributed by atoms with Crippen molar-refractivity contribution < 1.29 is 9.53 Å². The van der Waals surface area contributed by atoms with Crippen LogP contribution < -0.4 is 4.90 Å². The van der Waals surface area contributed by atoms with Gasteiger partial charge < -0.3 is 14.5 Å². The summed E-state index contributed by atoms with van der Waals surface area (Å²) < 4.78 is 5.28. The number of likely N-dealkylation sites (N-methyl/N-ethyl adjacent to an activating group) is 1. The fourth-order valence-corrected chi connectivity index (χ4v) is 3.64. The first-order chi connectivity index (χ1) is 11.1. The number of hydrogen-bond acceptors (Lipinski definition) is 6. The third-order valence-corrected chi connectivity index (χ3v) is 4.65. The average Bonchev–Trinajstić information content (AvgIpc) is 2.79. The summed E-state index contributed by atoms with van der Waals surface area (Å²) in [6.07, 6.45) is 8.13. The number of nitrogens with zero attached hydrogens (tertiary/aromatic N) is 4. The smallest absolute Gasteiger partial charge is 0.225 e. The minimum atomic E-state index is 0.0690. The second kappa shape index (κ2) is 7.36. The third kappa shape index (κ3) is 4.06. The van der Waals surface area contributed by atoms with Crippen LogP contribution in [0, 0.1) is 0 Å². The van der Waals surface area contributed by atoms with Crippen LogP contribution in [0.25, 0.3) is 0 Å². The molecule has 1 aromatic heterocycles. The quantitative estimate of drug-likeness (QED) is 0.706. The van der Waals surface area contributed by atoms with E-state index in [1.165, 1.54) is 19.8 Å². The molecule has 2 saturated heterocycles. The summed E-state index contributed by atoms with van der Waals surface area (Å²) in [4.78, 5) is 24.8. The molecule has 1 aromatic rings. The first-order valence-electron chi connectivity index (χ1n) is 8.48. The van der Waals surface area contributed by atoms with Crippen molar-refractivity contribution in [2.45, 2.75) is 44.7 Å². The molecule has 2 fully saturated rings. The van der Waals surface area contributed by atoms with Gasteiger partial charge in [-0.3, -0.25) is 4.79 Å². The van der Waals surface area contributed by atoms with Gasteiger partial charge in [-0.1, -0.05) is 0 Å². The Morgan fingerprint density at radius 3 is 2.52 bits per heavy atom. The van der Waals surface area contributed by atoms with Crippen molar-refractivity contribution in [1.82, 2.24) is 14.9 Å². The van der Waals surface area contributed by atoms with E-state index >= 15 is 0 Å². The lowest BCUT2D eigenvalue weighted by Gasteiger charge is -2.39. The lowest BCUT2D eigenvalue weighted by Crippen LogP contribution is -2.53. The highest BCUT2D eigenvalue weighted by Gasteiger charge is 2.39. The molecular weight excluding hydrogens is 292 g/mol. The number of rotatable bonds is 7. The van der Waals surface area contributed by atoms with Crippen molar-refractivity contribution in [1.29, 1.82) is 0 Å². The van der Waals surface area contributed by atoms with Gasteiger partial charge in [-0.05, 0) is 45.2 Å². The molecule has 126 valence electrons. The second-order valence-corrected chi connectivity index (χ2v) is 6.76. The summed E-state index contributed by atoms with van der Waals surface area (Å²) in [7, 11) is 2.20. The maximum absolute atomic E-state index is 10.8. The summed E-state index contributed by atoms with van der Waals surface area (Å²) in [6.45, 7) is 4.56. The van der Waals surface area contributed by atoms with Crippen LogP contribution in [0.3, 0.4) is 0 Å². The Balaban J connectivity index is 1.51. The van der Waals surface area contributed by atoms with Crippen LogP contribution in [-0.4, -0.2) is 66.1 Å². The number of carbonyl (C=O) groups is 1. The highest BCUT2D eigenvalue weighted by atomic mass is 16.5. The van der Waals surface area contributed by atoms with Crippen LogP contribution in [0.4, 0.5) is 5.95 Å². The number of ketones is 1. The topological polar surface area (TPSA) is 58.6 Å². The standard InChI is InChI=1S/C17H26N4O2/c1-13(22)12-23-7-3-4-14-8-18-17(19-9-14)21-15-5-6-16(21)11-20(2)10-15/h8-9,15-16H,3-7,10-12H2,1-2H3. The van der Waals surface area contributed by atoms with Gasteiger partial charge >= 0.3 is 0 Å². The van der Waals surface area contributed by atoms with Gasteiger partial charge in [0.25, 0.3) is 0 Å². The average molecular weight is 318 g/mol. The molecule has 0 N–H and O–H groups in total. The van der Waals surface area contributed by atoms with Gasteiger partial charge in [0.2, 0.25) is 5.95 Å². The van der Waals surface area contributed by atoms with Gasteiger partial charge in [0, 0.05) is 44.2 Å². The third-order valence-electron chi connectivity index (χ3n) is 4.65. The zero-order chi connectivity index (χ0) is 16.2. The number of likely N-dealkylation sites (tertiary alicyclic amines) is 1. The lowest BCUT2D eigenvalue weighted by molar-refractivity contribution is -0.121. The first kappa shape index (κ1) is 16.3. The molecule has 0 aliphatic carbocycles. The van der Waals surface area contributed by atoms with Crippen molar-refractivity contribution in [2.24, 2.45) is 0 Å². The van der Waals surface area contributed by atoms with Crippen LogP contribution in [0.5, 0.6) is 0 Å². The molecule has 6 heteroatoms. The highest BCUT2D eigenvalue weighted by molar-refractivity contribution is 5.76. The lowest BCUT2D eigenvalue weighted by atomic mass is 10.2. The van der Waals surface area contributed by atoms with Crippen LogP contribution >= 0.6 is 0 Å². The molecule has 2 bridgehead atoms. The zero-order valence-electron chi connectivity index (χ0n) is 14.1. The number of aryl methyl sites for hydroxylation is 1. The normalized spacial score (nSPS) is 24.2.